The molecule has 4 nitrogen and oxygen atoms in total. The van der Waals surface area contributed by atoms with Gasteiger partial charge < -0.3 is 19.4 Å². The molecule has 0 N–H and O–H groups in total. The van der Waals surface area contributed by atoms with Gasteiger partial charge in [0, 0.05) is 0 Å². The molecule has 132 valence electrons. The summed E-state index contributed by atoms with van der Waals surface area (Å²) < 4.78 is 11.1. The standard InChI is InChI=1S/C18H31O4P.2Na/c1-15(2)9-7-11-17(4)13-8-12-16(3)10-5-6-14-23(21,22)18(19)20;;/h9-10,13H,5-8,11-12,14H2,1-4H3,(H,19,20)(H,21,22);;/q;2*+1/p-2/b16-10+,17-13+;;. The number of rotatable bonds is 11. The van der Waals surface area contributed by atoms with E-state index in [0.717, 1.165) is 25.7 Å². The monoisotopic (exact) mass is 386 g/mol. The van der Waals surface area contributed by atoms with Gasteiger partial charge in [-0.1, -0.05) is 34.9 Å². The second-order valence-electron chi connectivity index (χ2n) is 6.26. The molecule has 0 amide bonds. The zero-order chi connectivity index (χ0) is 17.9. The number of carbonyl (C=O) groups excluding carboxylic acids is 1. The number of allylic oxidation sites excluding steroid dienone is 6. The first-order valence-corrected chi connectivity index (χ1v) is 9.92. The Hall–Kier alpha value is 0.880. The molecule has 0 saturated carbocycles. The quantitative estimate of drug-likeness (QED) is 0.181. The first-order chi connectivity index (χ1) is 10.6. The van der Waals surface area contributed by atoms with E-state index in [4.69, 9.17) is 0 Å². The minimum atomic E-state index is -4.36. The number of unbranched alkanes of at least 4 members (excludes halogenated alkanes) is 1. The van der Waals surface area contributed by atoms with E-state index >= 15 is 0 Å². The number of carbonyl (C=O) groups is 1. The second-order valence-corrected chi connectivity index (χ2v) is 8.42. The largest absolute Gasteiger partial charge is 1.00 e. The molecule has 0 radical (unpaired) electrons. The second kappa shape index (κ2) is 17.0. The van der Waals surface area contributed by atoms with Crippen molar-refractivity contribution < 1.29 is 78.5 Å². The van der Waals surface area contributed by atoms with Crippen molar-refractivity contribution >= 4 is 13.1 Å². The number of carboxylic acid groups (broad SMARTS) is 1. The molecule has 1 atom stereocenters. The van der Waals surface area contributed by atoms with Crippen LogP contribution < -0.4 is 69.1 Å². The Kier molecular flexibility index (Phi) is 20.8. The van der Waals surface area contributed by atoms with E-state index in [-0.39, 0.29) is 65.3 Å². The smallest absolute Gasteiger partial charge is 0.795 e. The van der Waals surface area contributed by atoms with Crippen molar-refractivity contribution in [3.05, 3.63) is 34.9 Å². The van der Waals surface area contributed by atoms with Crippen molar-refractivity contribution in [2.75, 3.05) is 6.16 Å². The zero-order valence-electron chi connectivity index (χ0n) is 16.8. The fourth-order valence-electron chi connectivity index (χ4n) is 2.08. The maximum atomic E-state index is 11.1. The van der Waals surface area contributed by atoms with E-state index in [9.17, 15) is 19.4 Å². The number of hydrogen-bond donors (Lipinski definition) is 0. The van der Waals surface area contributed by atoms with Crippen LogP contribution in [0, 0.1) is 0 Å². The minimum absolute atomic E-state index is 0. The van der Waals surface area contributed by atoms with Crippen LogP contribution in [-0.2, 0) is 4.57 Å². The normalized spacial score (nSPS) is 14.0. The molecular weight excluding hydrogens is 357 g/mol. The molecule has 0 rings (SSSR count). The minimum Gasteiger partial charge on any atom is -0.795 e. The van der Waals surface area contributed by atoms with Gasteiger partial charge in [0.15, 0.2) is 0 Å². The van der Waals surface area contributed by atoms with Gasteiger partial charge in [-0.05, 0) is 72.4 Å². The Bertz CT molecular complexity index is 521. The molecule has 7 heteroatoms. The molecule has 0 aliphatic rings. The molecule has 0 fully saturated rings. The van der Waals surface area contributed by atoms with E-state index in [1.54, 1.807) is 0 Å². The van der Waals surface area contributed by atoms with E-state index in [2.05, 4.69) is 32.9 Å². The fourth-order valence-corrected chi connectivity index (χ4v) is 2.86. The van der Waals surface area contributed by atoms with Crippen LogP contribution in [0.3, 0.4) is 0 Å². The van der Waals surface area contributed by atoms with Gasteiger partial charge in [-0.2, -0.15) is 0 Å². The molecule has 0 saturated heterocycles. The average Bonchev–Trinajstić information content (AvgIpc) is 2.43. The summed E-state index contributed by atoms with van der Waals surface area (Å²) in [5.41, 5.74) is 1.98. The summed E-state index contributed by atoms with van der Waals surface area (Å²) in [6, 6.07) is 0. The summed E-state index contributed by atoms with van der Waals surface area (Å²) in [6.07, 6.45) is 11.1. The molecule has 0 aromatic rings. The Labute approximate surface area is 197 Å². The molecule has 1 unspecified atom stereocenters. The predicted octanol–water partition coefficient (Wildman–Crippen LogP) is -1.82. The van der Waals surface area contributed by atoms with Crippen LogP contribution in [0.25, 0.3) is 0 Å². The van der Waals surface area contributed by atoms with Crippen LogP contribution in [0.5, 0.6) is 0 Å². The Balaban J connectivity index is -0.00000242. The molecule has 25 heavy (non-hydrogen) atoms. The van der Waals surface area contributed by atoms with Gasteiger partial charge in [0.05, 0.1) is 13.1 Å². The van der Waals surface area contributed by atoms with Gasteiger partial charge >= 0.3 is 59.1 Å². The van der Waals surface area contributed by atoms with Crippen molar-refractivity contribution in [1.29, 1.82) is 0 Å². The maximum Gasteiger partial charge on any atom is 1.00 e. The molecule has 0 bridgehead atoms. The van der Waals surface area contributed by atoms with Crippen LogP contribution in [-0.4, -0.2) is 11.9 Å². The first-order valence-electron chi connectivity index (χ1n) is 8.11. The summed E-state index contributed by atoms with van der Waals surface area (Å²) in [4.78, 5) is 21.4. The molecule has 0 aliphatic heterocycles. The Morgan fingerprint density at radius 3 is 1.76 bits per heavy atom. The average molecular weight is 386 g/mol. The van der Waals surface area contributed by atoms with Crippen LogP contribution in [0.4, 0.5) is 4.79 Å². The summed E-state index contributed by atoms with van der Waals surface area (Å²) in [6.45, 7) is 8.36. The van der Waals surface area contributed by atoms with Crippen LogP contribution in [0.2, 0.25) is 0 Å². The summed E-state index contributed by atoms with van der Waals surface area (Å²) in [7, 11) is -4.36. The molecule has 0 heterocycles. The van der Waals surface area contributed by atoms with E-state index in [0.29, 0.717) is 12.8 Å². The van der Waals surface area contributed by atoms with Gasteiger partial charge in [0.1, 0.15) is 0 Å². The van der Waals surface area contributed by atoms with Gasteiger partial charge in [0.25, 0.3) is 0 Å². The van der Waals surface area contributed by atoms with Gasteiger partial charge in [-0.25, -0.2) is 0 Å². The first kappa shape index (κ1) is 30.6. The van der Waals surface area contributed by atoms with Gasteiger partial charge in [-0.3, -0.25) is 0 Å². The van der Waals surface area contributed by atoms with E-state index < -0.39 is 13.1 Å². The van der Waals surface area contributed by atoms with Crippen molar-refractivity contribution in [2.45, 2.75) is 66.2 Å². The topological polar surface area (TPSA) is 80.3 Å². The molecule has 0 aromatic carbocycles. The van der Waals surface area contributed by atoms with Crippen LogP contribution in [0.15, 0.2) is 34.9 Å². The SMILES string of the molecule is CC(C)=CCC/C(C)=C/CC/C(C)=C/CCCP(=O)([O-])C(=O)[O-].[Na+].[Na+]. The zero-order valence-corrected chi connectivity index (χ0v) is 21.7. The Morgan fingerprint density at radius 1 is 0.880 bits per heavy atom. The third-order valence-corrected chi connectivity index (χ3v) is 5.01. The van der Waals surface area contributed by atoms with Crippen molar-refractivity contribution in [2.24, 2.45) is 0 Å². The van der Waals surface area contributed by atoms with Gasteiger partial charge in [0.2, 0.25) is 0 Å². The van der Waals surface area contributed by atoms with Crippen molar-refractivity contribution in [3.63, 3.8) is 0 Å². The Morgan fingerprint density at radius 2 is 1.32 bits per heavy atom. The predicted molar refractivity (Wildman–Crippen MR) is 92.5 cm³/mol. The molecule has 0 aliphatic carbocycles. The van der Waals surface area contributed by atoms with E-state index in [1.807, 2.05) is 13.0 Å². The molecular formula is C18H29Na2O4P. The third-order valence-electron chi connectivity index (χ3n) is 3.55. The number of hydrogen-bond acceptors (Lipinski definition) is 4. The van der Waals surface area contributed by atoms with E-state index in [1.165, 1.54) is 16.7 Å². The van der Waals surface area contributed by atoms with Crippen molar-refractivity contribution in [3.8, 4) is 0 Å². The van der Waals surface area contributed by atoms with Gasteiger partial charge in [-0.15, -0.1) is 0 Å². The summed E-state index contributed by atoms with van der Waals surface area (Å²) in [5, 5.41) is 10.4. The maximum absolute atomic E-state index is 11.1. The summed E-state index contributed by atoms with van der Waals surface area (Å²) in [5.74, 6) is 0. The molecule has 0 spiro atoms. The van der Waals surface area contributed by atoms with Crippen LogP contribution >= 0.6 is 7.37 Å². The summed E-state index contributed by atoms with van der Waals surface area (Å²) >= 11 is 0. The van der Waals surface area contributed by atoms with Crippen LogP contribution in [0.1, 0.15) is 66.2 Å². The molecule has 0 aromatic heterocycles. The third kappa shape index (κ3) is 18.0. The van der Waals surface area contributed by atoms with Crippen molar-refractivity contribution in [1.82, 2.24) is 0 Å². The fraction of sp³-hybridized carbons (Fsp3) is 0.611.